The molecule has 0 radical (unpaired) electrons. The van der Waals surface area contributed by atoms with Crippen molar-refractivity contribution in [2.45, 2.75) is 13.5 Å². The number of rotatable bonds is 6. The molecule has 5 heteroatoms. The standard InChI is InChI=1S/C23H22N2O3/c1-3-28-18-12-10-16(11-13-18)14-24(2)21(26)15-25-20-9-5-7-17-6-4-8-19(22(17)20)23(25)27/h4-13H,3,14-15H2,1-2H3. The number of anilines is 1. The van der Waals surface area contributed by atoms with Crippen LogP contribution in [0, 0.1) is 0 Å². The molecule has 3 aromatic rings. The molecule has 0 saturated heterocycles. The van der Waals surface area contributed by atoms with Crippen LogP contribution in [0.1, 0.15) is 22.8 Å². The average molecular weight is 374 g/mol. The summed E-state index contributed by atoms with van der Waals surface area (Å²) in [5, 5.41) is 1.94. The Morgan fingerprint density at radius 2 is 1.75 bits per heavy atom. The van der Waals surface area contributed by atoms with Crippen LogP contribution in [0.2, 0.25) is 0 Å². The zero-order chi connectivity index (χ0) is 19.7. The van der Waals surface area contributed by atoms with Gasteiger partial charge in [-0.3, -0.25) is 14.5 Å². The van der Waals surface area contributed by atoms with Gasteiger partial charge in [0.15, 0.2) is 0 Å². The van der Waals surface area contributed by atoms with Gasteiger partial charge in [-0.1, -0.05) is 36.4 Å². The molecule has 142 valence electrons. The summed E-state index contributed by atoms with van der Waals surface area (Å²) in [6.07, 6.45) is 0. The van der Waals surface area contributed by atoms with Crippen molar-refractivity contribution in [1.82, 2.24) is 4.90 Å². The minimum absolute atomic E-state index is 0.0279. The number of likely N-dealkylation sites (N-methyl/N-ethyl adjacent to an activating group) is 1. The third kappa shape index (κ3) is 3.20. The maximum absolute atomic E-state index is 12.8. The molecule has 1 aliphatic heterocycles. The molecule has 0 unspecified atom stereocenters. The predicted molar refractivity (Wildman–Crippen MR) is 110 cm³/mol. The van der Waals surface area contributed by atoms with Crippen molar-refractivity contribution in [2.24, 2.45) is 0 Å². The van der Waals surface area contributed by atoms with Crippen molar-refractivity contribution in [3.05, 3.63) is 71.8 Å². The second-order valence-electron chi connectivity index (χ2n) is 6.90. The van der Waals surface area contributed by atoms with Gasteiger partial charge in [0, 0.05) is 24.5 Å². The lowest BCUT2D eigenvalue weighted by Crippen LogP contribution is -2.39. The zero-order valence-electron chi connectivity index (χ0n) is 16.0. The van der Waals surface area contributed by atoms with Crippen LogP contribution >= 0.6 is 0 Å². The lowest BCUT2D eigenvalue weighted by atomic mass is 10.1. The number of hydrogen-bond donors (Lipinski definition) is 0. The summed E-state index contributed by atoms with van der Waals surface area (Å²) in [5.74, 6) is 0.593. The monoisotopic (exact) mass is 374 g/mol. The minimum atomic E-state index is -0.116. The Morgan fingerprint density at radius 1 is 1.04 bits per heavy atom. The second-order valence-corrected chi connectivity index (χ2v) is 6.90. The van der Waals surface area contributed by atoms with Gasteiger partial charge < -0.3 is 9.64 Å². The summed E-state index contributed by atoms with van der Waals surface area (Å²) < 4.78 is 5.45. The van der Waals surface area contributed by atoms with Crippen LogP contribution in [0.4, 0.5) is 5.69 Å². The maximum atomic E-state index is 12.8. The smallest absolute Gasteiger partial charge is 0.259 e. The first-order chi connectivity index (χ1) is 13.6. The minimum Gasteiger partial charge on any atom is -0.494 e. The lowest BCUT2D eigenvalue weighted by molar-refractivity contribution is -0.128. The predicted octanol–water partition coefficient (Wildman–Crippen LogP) is 3.86. The molecule has 0 bridgehead atoms. The van der Waals surface area contributed by atoms with Crippen molar-refractivity contribution in [3.8, 4) is 5.75 Å². The van der Waals surface area contributed by atoms with E-state index < -0.39 is 0 Å². The fraction of sp³-hybridized carbons (Fsp3) is 0.217. The van der Waals surface area contributed by atoms with E-state index in [1.54, 1.807) is 16.8 Å². The van der Waals surface area contributed by atoms with Gasteiger partial charge in [0.05, 0.1) is 12.3 Å². The van der Waals surface area contributed by atoms with Gasteiger partial charge >= 0.3 is 0 Å². The first kappa shape index (κ1) is 18.0. The Labute approximate surface area is 164 Å². The Hall–Kier alpha value is -3.34. The van der Waals surface area contributed by atoms with Crippen LogP contribution in [0.5, 0.6) is 5.75 Å². The molecule has 0 atom stereocenters. The van der Waals surface area contributed by atoms with Crippen LogP contribution in [0.25, 0.3) is 10.8 Å². The van der Waals surface area contributed by atoms with Crippen LogP contribution in [0.3, 0.4) is 0 Å². The number of carbonyl (C=O) groups excluding carboxylic acids is 2. The molecule has 0 fully saturated rings. The highest BCUT2D eigenvalue weighted by Crippen LogP contribution is 2.37. The highest BCUT2D eigenvalue weighted by atomic mass is 16.5. The van der Waals surface area contributed by atoms with Gasteiger partial charge in [-0.05, 0) is 42.1 Å². The molecule has 0 N–H and O–H groups in total. The third-order valence-electron chi connectivity index (χ3n) is 5.02. The van der Waals surface area contributed by atoms with E-state index in [1.807, 2.05) is 67.6 Å². The van der Waals surface area contributed by atoms with E-state index in [0.29, 0.717) is 18.7 Å². The molecule has 1 heterocycles. The topological polar surface area (TPSA) is 49.9 Å². The number of ether oxygens (including phenoxy) is 1. The van der Waals surface area contributed by atoms with E-state index in [4.69, 9.17) is 4.74 Å². The molecule has 0 aliphatic carbocycles. The van der Waals surface area contributed by atoms with Crippen LogP contribution < -0.4 is 9.64 Å². The van der Waals surface area contributed by atoms with Gasteiger partial charge in [0.2, 0.25) is 5.91 Å². The Morgan fingerprint density at radius 3 is 2.46 bits per heavy atom. The summed E-state index contributed by atoms with van der Waals surface area (Å²) in [5.41, 5.74) is 2.48. The van der Waals surface area contributed by atoms with E-state index in [9.17, 15) is 9.59 Å². The molecule has 0 saturated carbocycles. The number of hydrogen-bond acceptors (Lipinski definition) is 3. The summed E-state index contributed by atoms with van der Waals surface area (Å²) in [7, 11) is 1.76. The molecule has 1 aliphatic rings. The summed E-state index contributed by atoms with van der Waals surface area (Å²) in [4.78, 5) is 28.9. The molecular formula is C23H22N2O3. The molecule has 5 nitrogen and oxygen atoms in total. The number of nitrogens with zero attached hydrogens (tertiary/aromatic N) is 2. The van der Waals surface area contributed by atoms with E-state index in [1.165, 1.54) is 0 Å². The zero-order valence-corrected chi connectivity index (χ0v) is 16.0. The Bertz CT molecular complexity index is 1040. The van der Waals surface area contributed by atoms with Crippen molar-refractivity contribution in [2.75, 3.05) is 25.1 Å². The normalized spacial score (nSPS) is 12.5. The summed E-state index contributed by atoms with van der Waals surface area (Å²) >= 11 is 0. The molecule has 28 heavy (non-hydrogen) atoms. The van der Waals surface area contributed by atoms with Crippen LogP contribution in [0.15, 0.2) is 60.7 Å². The maximum Gasteiger partial charge on any atom is 0.259 e. The van der Waals surface area contributed by atoms with Gasteiger partial charge in [0.25, 0.3) is 5.91 Å². The summed E-state index contributed by atoms with van der Waals surface area (Å²) in [6.45, 7) is 3.07. The SMILES string of the molecule is CCOc1ccc(CN(C)C(=O)CN2C(=O)c3cccc4cccc2c34)cc1. The fourth-order valence-electron chi connectivity index (χ4n) is 3.61. The van der Waals surface area contributed by atoms with E-state index in [-0.39, 0.29) is 18.4 Å². The first-order valence-corrected chi connectivity index (χ1v) is 9.38. The first-order valence-electron chi connectivity index (χ1n) is 9.38. The lowest BCUT2D eigenvalue weighted by Gasteiger charge is -2.22. The highest BCUT2D eigenvalue weighted by molar-refractivity contribution is 6.26. The summed E-state index contributed by atoms with van der Waals surface area (Å²) in [6, 6.07) is 19.2. The Balaban J connectivity index is 1.48. The molecule has 2 amide bonds. The van der Waals surface area contributed by atoms with E-state index in [0.717, 1.165) is 27.8 Å². The highest BCUT2D eigenvalue weighted by Gasteiger charge is 2.31. The average Bonchev–Trinajstić information content (AvgIpc) is 2.98. The van der Waals surface area contributed by atoms with Crippen molar-refractivity contribution in [1.29, 1.82) is 0 Å². The third-order valence-corrected chi connectivity index (χ3v) is 5.02. The fourth-order valence-corrected chi connectivity index (χ4v) is 3.61. The number of benzene rings is 3. The second kappa shape index (κ2) is 7.35. The molecule has 3 aromatic carbocycles. The van der Waals surface area contributed by atoms with E-state index in [2.05, 4.69) is 0 Å². The number of amides is 2. The molecule has 0 spiro atoms. The molecule has 0 aromatic heterocycles. The van der Waals surface area contributed by atoms with Crippen LogP contribution in [-0.2, 0) is 11.3 Å². The number of carbonyl (C=O) groups is 2. The molecule has 4 rings (SSSR count). The van der Waals surface area contributed by atoms with E-state index >= 15 is 0 Å². The van der Waals surface area contributed by atoms with Gasteiger partial charge in [0.1, 0.15) is 12.3 Å². The Kier molecular flexibility index (Phi) is 4.74. The van der Waals surface area contributed by atoms with Crippen LogP contribution in [-0.4, -0.2) is 36.9 Å². The molecular weight excluding hydrogens is 352 g/mol. The van der Waals surface area contributed by atoms with Gasteiger partial charge in [-0.15, -0.1) is 0 Å². The van der Waals surface area contributed by atoms with Crippen molar-refractivity contribution in [3.63, 3.8) is 0 Å². The van der Waals surface area contributed by atoms with Gasteiger partial charge in [-0.25, -0.2) is 0 Å². The quantitative estimate of drug-likeness (QED) is 0.658. The largest absolute Gasteiger partial charge is 0.494 e. The van der Waals surface area contributed by atoms with Crippen molar-refractivity contribution < 1.29 is 14.3 Å². The van der Waals surface area contributed by atoms with Crippen molar-refractivity contribution >= 4 is 28.3 Å². The van der Waals surface area contributed by atoms with Gasteiger partial charge in [-0.2, -0.15) is 0 Å².